The summed E-state index contributed by atoms with van der Waals surface area (Å²) in [6.45, 7) is 2.11. The van der Waals surface area contributed by atoms with Crippen molar-refractivity contribution in [1.82, 2.24) is 0 Å². The van der Waals surface area contributed by atoms with Gasteiger partial charge in [-0.2, -0.15) is 5.26 Å². The molecule has 0 saturated carbocycles. The second-order valence-corrected chi connectivity index (χ2v) is 4.74. The predicted molar refractivity (Wildman–Crippen MR) is 71.8 cm³/mol. The predicted octanol–water partition coefficient (Wildman–Crippen LogP) is 3.32. The summed E-state index contributed by atoms with van der Waals surface area (Å²) < 4.78 is 5.75. The third-order valence-corrected chi connectivity index (χ3v) is 3.52. The van der Waals surface area contributed by atoms with Crippen LogP contribution in [-0.2, 0) is 21.3 Å². The van der Waals surface area contributed by atoms with Crippen molar-refractivity contribution < 1.29 is 9.53 Å². The molecule has 0 aromatic heterocycles. The lowest BCUT2D eigenvalue weighted by Crippen LogP contribution is -2.09. The molecule has 0 aliphatic rings. The topological polar surface area (TPSA) is 50.1 Å². The Morgan fingerprint density at radius 2 is 2.18 bits per heavy atom. The molecule has 17 heavy (non-hydrogen) atoms. The molecular weight excluding hydrogens is 350 g/mol. The molecule has 0 heterocycles. The first-order valence-electron chi connectivity index (χ1n) is 5.05. The van der Waals surface area contributed by atoms with Crippen LogP contribution >= 0.6 is 31.9 Å². The van der Waals surface area contributed by atoms with Crippen LogP contribution in [0, 0.1) is 11.3 Å². The Morgan fingerprint density at radius 1 is 1.47 bits per heavy atom. The van der Waals surface area contributed by atoms with Gasteiger partial charge in [0.05, 0.1) is 24.7 Å². The minimum absolute atomic E-state index is 0.123. The Morgan fingerprint density at radius 3 is 2.71 bits per heavy atom. The van der Waals surface area contributed by atoms with E-state index in [2.05, 4.69) is 37.9 Å². The Labute approximate surface area is 117 Å². The van der Waals surface area contributed by atoms with Crippen LogP contribution in [0.1, 0.15) is 23.6 Å². The molecule has 0 aliphatic carbocycles. The summed E-state index contributed by atoms with van der Waals surface area (Å²) in [5, 5.41) is 9.69. The van der Waals surface area contributed by atoms with E-state index in [4.69, 9.17) is 10.00 Å². The number of carbonyl (C=O) groups excluding carboxylic acids is 1. The third kappa shape index (κ3) is 3.83. The normalized spacial score (nSPS) is 9.76. The van der Waals surface area contributed by atoms with E-state index in [9.17, 15) is 4.79 Å². The minimum atomic E-state index is -0.317. The fourth-order valence-corrected chi connectivity index (χ4v) is 2.75. The van der Waals surface area contributed by atoms with E-state index in [0.29, 0.717) is 23.1 Å². The molecule has 1 rings (SSSR count). The standard InChI is InChI=1S/C12H11Br2NO2/c1-2-17-12(16)5-8-4-11(14)9(6-13)3-10(8)7-15/h3-4H,2,5-6H2,1H3. The van der Waals surface area contributed by atoms with Gasteiger partial charge >= 0.3 is 5.97 Å². The summed E-state index contributed by atoms with van der Waals surface area (Å²) in [7, 11) is 0. The van der Waals surface area contributed by atoms with Gasteiger partial charge in [-0.15, -0.1) is 0 Å². The highest BCUT2D eigenvalue weighted by Crippen LogP contribution is 2.24. The van der Waals surface area contributed by atoms with E-state index in [1.807, 2.05) is 0 Å². The van der Waals surface area contributed by atoms with Crippen LogP contribution in [0.3, 0.4) is 0 Å². The fraction of sp³-hybridized carbons (Fsp3) is 0.333. The number of alkyl halides is 1. The average molecular weight is 361 g/mol. The number of hydrogen-bond acceptors (Lipinski definition) is 3. The van der Waals surface area contributed by atoms with Gasteiger partial charge in [-0.1, -0.05) is 31.9 Å². The Bertz CT molecular complexity index is 466. The highest BCUT2D eigenvalue weighted by Gasteiger charge is 2.12. The third-order valence-electron chi connectivity index (χ3n) is 2.18. The van der Waals surface area contributed by atoms with Crippen molar-refractivity contribution in [3.8, 4) is 6.07 Å². The zero-order chi connectivity index (χ0) is 12.8. The van der Waals surface area contributed by atoms with Crippen LogP contribution in [0.5, 0.6) is 0 Å². The smallest absolute Gasteiger partial charge is 0.310 e. The molecule has 1 aromatic rings. The van der Waals surface area contributed by atoms with Crippen molar-refractivity contribution in [3.63, 3.8) is 0 Å². The van der Waals surface area contributed by atoms with Gasteiger partial charge in [0.1, 0.15) is 0 Å². The number of hydrogen-bond donors (Lipinski definition) is 0. The lowest BCUT2D eigenvalue weighted by atomic mass is 10.0. The number of rotatable bonds is 4. The van der Waals surface area contributed by atoms with Crippen molar-refractivity contribution in [2.75, 3.05) is 6.61 Å². The van der Waals surface area contributed by atoms with Crippen molar-refractivity contribution in [1.29, 1.82) is 5.26 Å². The highest BCUT2D eigenvalue weighted by molar-refractivity contribution is 9.10. The van der Waals surface area contributed by atoms with Crippen molar-refractivity contribution in [2.24, 2.45) is 0 Å². The monoisotopic (exact) mass is 359 g/mol. The summed E-state index contributed by atoms with van der Waals surface area (Å²) in [5.74, 6) is -0.317. The summed E-state index contributed by atoms with van der Waals surface area (Å²) in [5.41, 5.74) is 2.17. The zero-order valence-electron chi connectivity index (χ0n) is 9.30. The average Bonchev–Trinajstić information content (AvgIpc) is 2.29. The molecule has 1 aromatic carbocycles. The zero-order valence-corrected chi connectivity index (χ0v) is 12.5. The van der Waals surface area contributed by atoms with E-state index in [1.165, 1.54) is 0 Å². The Kier molecular flexibility index (Phi) is 5.66. The number of nitrogens with zero attached hydrogens (tertiary/aromatic N) is 1. The molecular formula is C12H11Br2NO2. The fourth-order valence-electron chi connectivity index (χ4n) is 1.38. The molecule has 0 fully saturated rings. The molecule has 90 valence electrons. The first kappa shape index (κ1) is 14.2. The van der Waals surface area contributed by atoms with E-state index >= 15 is 0 Å². The molecule has 0 spiro atoms. The minimum Gasteiger partial charge on any atom is -0.466 e. The molecule has 0 unspecified atom stereocenters. The Hall–Kier alpha value is -0.860. The summed E-state index contributed by atoms with van der Waals surface area (Å²) in [6.07, 6.45) is 0.123. The van der Waals surface area contributed by atoms with E-state index < -0.39 is 0 Å². The molecule has 5 heteroatoms. The Balaban J connectivity index is 3.03. The highest BCUT2D eigenvalue weighted by atomic mass is 79.9. The van der Waals surface area contributed by atoms with Gasteiger partial charge in [-0.25, -0.2) is 0 Å². The van der Waals surface area contributed by atoms with Gasteiger partial charge in [0.15, 0.2) is 0 Å². The molecule has 0 atom stereocenters. The first-order valence-corrected chi connectivity index (χ1v) is 6.96. The van der Waals surface area contributed by atoms with Crippen LogP contribution in [0.25, 0.3) is 0 Å². The summed E-state index contributed by atoms with van der Waals surface area (Å²) in [6, 6.07) is 5.66. The van der Waals surface area contributed by atoms with Crippen molar-refractivity contribution in [2.45, 2.75) is 18.7 Å². The van der Waals surface area contributed by atoms with E-state index in [-0.39, 0.29) is 12.4 Å². The molecule has 0 bridgehead atoms. The van der Waals surface area contributed by atoms with Gasteiger partial charge in [-0.05, 0) is 30.2 Å². The number of esters is 1. The second-order valence-electron chi connectivity index (χ2n) is 3.33. The van der Waals surface area contributed by atoms with E-state index in [0.717, 1.165) is 10.0 Å². The lowest BCUT2D eigenvalue weighted by molar-refractivity contribution is -0.142. The number of carbonyl (C=O) groups is 1. The van der Waals surface area contributed by atoms with Crippen LogP contribution in [0.4, 0.5) is 0 Å². The lowest BCUT2D eigenvalue weighted by Gasteiger charge is -2.08. The van der Waals surface area contributed by atoms with E-state index in [1.54, 1.807) is 19.1 Å². The van der Waals surface area contributed by atoms with Crippen LogP contribution < -0.4 is 0 Å². The van der Waals surface area contributed by atoms with Gasteiger partial charge < -0.3 is 4.74 Å². The van der Waals surface area contributed by atoms with Gasteiger partial charge in [0, 0.05) is 9.80 Å². The summed E-state index contributed by atoms with van der Waals surface area (Å²) >= 11 is 6.75. The molecule has 0 N–H and O–H groups in total. The maximum atomic E-state index is 11.4. The maximum absolute atomic E-state index is 11.4. The van der Waals surface area contributed by atoms with Crippen LogP contribution in [0.2, 0.25) is 0 Å². The quantitative estimate of drug-likeness (QED) is 0.611. The number of ether oxygens (including phenoxy) is 1. The molecule has 0 amide bonds. The molecule has 3 nitrogen and oxygen atoms in total. The summed E-state index contributed by atoms with van der Waals surface area (Å²) in [4.78, 5) is 11.4. The molecule has 0 saturated heterocycles. The van der Waals surface area contributed by atoms with Crippen molar-refractivity contribution in [3.05, 3.63) is 33.3 Å². The first-order chi connectivity index (χ1) is 8.12. The van der Waals surface area contributed by atoms with Crippen LogP contribution in [0.15, 0.2) is 16.6 Å². The van der Waals surface area contributed by atoms with Gasteiger partial charge in [0.25, 0.3) is 0 Å². The van der Waals surface area contributed by atoms with Crippen LogP contribution in [-0.4, -0.2) is 12.6 Å². The van der Waals surface area contributed by atoms with Gasteiger partial charge in [0.2, 0.25) is 0 Å². The van der Waals surface area contributed by atoms with Crippen molar-refractivity contribution >= 4 is 37.8 Å². The number of benzene rings is 1. The number of nitriles is 1. The number of halogens is 2. The maximum Gasteiger partial charge on any atom is 0.310 e. The SMILES string of the molecule is CCOC(=O)Cc1cc(Br)c(CBr)cc1C#N. The largest absolute Gasteiger partial charge is 0.466 e. The molecule has 0 aliphatic heterocycles. The molecule has 0 radical (unpaired) electrons. The van der Waals surface area contributed by atoms with Gasteiger partial charge in [-0.3, -0.25) is 4.79 Å². The second kappa shape index (κ2) is 6.77.